The highest BCUT2D eigenvalue weighted by Crippen LogP contribution is 2.43. The second kappa shape index (κ2) is 15.6. The van der Waals surface area contributed by atoms with Gasteiger partial charge in [-0.2, -0.15) is 11.8 Å². The summed E-state index contributed by atoms with van der Waals surface area (Å²) in [6.45, 7) is 16.8. The van der Waals surface area contributed by atoms with Crippen molar-refractivity contribution in [2.45, 2.75) is 117 Å². The van der Waals surface area contributed by atoms with Gasteiger partial charge in [-0.05, 0) is 76.0 Å². The zero-order valence-electron chi connectivity index (χ0n) is 29.1. The third-order valence-corrected chi connectivity index (χ3v) is 9.95. The molecule has 3 rings (SSSR count). The van der Waals surface area contributed by atoms with E-state index in [1.807, 2.05) is 37.3 Å². The summed E-state index contributed by atoms with van der Waals surface area (Å²) in [6, 6.07) is 18.1. The Morgan fingerprint density at radius 2 is 1.37 bits per heavy atom. The normalized spacial score (nSPS) is 13.4. The summed E-state index contributed by atoms with van der Waals surface area (Å²) >= 11 is 1.39. The molecular formula is C40H54O5S. The zero-order chi connectivity index (χ0) is 34.3. The zero-order valence-corrected chi connectivity index (χ0v) is 29.9. The standard InChI is InChI=1S/C40H54O5S/c1-9-10-11-12-15-29-16-13-14-17-31(29)40(37(44)45,26-46-21-20-35(41)42)32-19-18-27(2)22-30(32)23-28-24-33(38(3,4)5)36(43)34(25-28)39(6,7)8/h13-14,16-19,22,24-25,43H,9-12,15,20-21,23,26H2,1-8H3,(H,41,42)(H,44,45). The van der Waals surface area contributed by atoms with Crippen molar-refractivity contribution in [2.75, 3.05) is 11.5 Å². The van der Waals surface area contributed by atoms with Crippen molar-refractivity contribution in [3.63, 3.8) is 0 Å². The number of phenols is 1. The van der Waals surface area contributed by atoms with Crippen molar-refractivity contribution < 1.29 is 24.9 Å². The molecule has 0 radical (unpaired) electrons. The molecule has 3 aromatic rings. The van der Waals surface area contributed by atoms with E-state index in [0.29, 0.717) is 17.9 Å². The van der Waals surface area contributed by atoms with E-state index in [9.17, 15) is 24.9 Å². The molecule has 0 spiro atoms. The molecule has 5 nitrogen and oxygen atoms in total. The summed E-state index contributed by atoms with van der Waals surface area (Å²) in [5.41, 5.74) is 5.29. The van der Waals surface area contributed by atoms with Crippen LogP contribution in [0.2, 0.25) is 0 Å². The van der Waals surface area contributed by atoms with Crippen LogP contribution < -0.4 is 0 Å². The lowest BCUT2D eigenvalue weighted by molar-refractivity contribution is -0.141. The van der Waals surface area contributed by atoms with Crippen LogP contribution in [0.25, 0.3) is 0 Å². The van der Waals surface area contributed by atoms with Gasteiger partial charge in [-0.15, -0.1) is 0 Å². The van der Waals surface area contributed by atoms with Crippen molar-refractivity contribution in [1.82, 2.24) is 0 Å². The van der Waals surface area contributed by atoms with Gasteiger partial charge in [0.2, 0.25) is 0 Å². The quantitative estimate of drug-likeness (QED) is 0.142. The summed E-state index contributed by atoms with van der Waals surface area (Å²) in [4.78, 5) is 25.2. The number of unbranched alkanes of at least 4 members (excludes halogenated alkanes) is 3. The number of carbonyl (C=O) groups is 2. The Bertz CT molecular complexity index is 1480. The third kappa shape index (κ3) is 8.96. The highest BCUT2D eigenvalue weighted by atomic mass is 32.2. The number of carboxylic acids is 2. The van der Waals surface area contributed by atoms with Gasteiger partial charge in [-0.3, -0.25) is 9.59 Å². The fourth-order valence-electron chi connectivity index (χ4n) is 6.32. The minimum Gasteiger partial charge on any atom is -0.507 e. The first-order chi connectivity index (χ1) is 21.5. The van der Waals surface area contributed by atoms with Crippen LogP contribution in [0.3, 0.4) is 0 Å². The molecule has 0 fully saturated rings. The Hall–Kier alpha value is -3.25. The number of aliphatic carboxylic acids is 2. The number of carboxylic acid groups (broad SMARTS) is 2. The predicted octanol–water partition coefficient (Wildman–Crippen LogP) is 9.59. The second-order valence-electron chi connectivity index (χ2n) is 14.8. The van der Waals surface area contributed by atoms with E-state index >= 15 is 0 Å². The van der Waals surface area contributed by atoms with E-state index in [4.69, 9.17) is 0 Å². The van der Waals surface area contributed by atoms with Crippen LogP contribution in [-0.4, -0.2) is 38.8 Å². The molecule has 6 heteroatoms. The third-order valence-electron chi connectivity index (χ3n) is 8.82. The molecule has 250 valence electrons. The van der Waals surface area contributed by atoms with E-state index in [2.05, 4.69) is 72.7 Å². The lowest BCUT2D eigenvalue weighted by Crippen LogP contribution is -2.42. The highest BCUT2D eigenvalue weighted by molar-refractivity contribution is 7.99. The number of hydrogen-bond donors (Lipinski definition) is 3. The first-order valence-electron chi connectivity index (χ1n) is 16.6. The molecule has 0 heterocycles. The average molecular weight is 647 g/mol. The van der Waals surface area contributed by atoms with Crippen LogP contribution in [0, 0.1) is 6.92 Å². The van der Waals surface area contributed by atoms with E-state index in [0.717, 1.165) is 76.6 Å². The van der Waals surface area contributed by atoms with Crippen molar-refractivity contribution in [3.05, 3.63) is 99.1 Å². The summed E-state index contributed by atoms with van der Waals surface area (Å²) in [6.07, 6.45) is 5.58. The molecule has 0 aromatic heterocycles. The van der Waals surface area contributed by atoms with Crippen LogP contribution in [0.15, 0.2) is 54.6 Å². The lowest BCUT2D eigenvalue weighted by atomic mass is 9.70. The molecule has 3 N–H and O–H groups in total. The number of aryl methyl sites for hydroxylation is 2. The maximum atomic E-state index is 13.8. The molecule has 0 amide bonds. The summed E-state index contributed by atoms with van der Waals surface area (Å²) in [5, 5.41) is 32.0. The monoisotopic (exact) mass is 646 g/mol. The van der Waals surface area contributed by atoms with Crippen LogP contribution in [0.4, 0.5) is 0 Å². The maximum Gasteiger partial charge on any atom is 0.319 e. The van der Waals surface area contributed by atoms with Crippen LogP contribution in [0.1, 0.15) is 125 Å². The fourth-order valence-corrected chi connectivity index (χ4v) is 7.52. The number of rotatable bonds is 15. The number of benzene rings is 3. The molecule has 0 aliphatic rings. The Balaban J connectivity index is 2.29. The van der Waals surface area contributed by atoms with Gasteiger partial charge in [0.25, 0.3) is 0 Å². The summed E-state index contributed by atoms with van der Waals surface area (Å²) in [7, 11) is 0. The number of aromatic hydroxyl groups is 1. The smallest absolute Gasteiger partial charge is 0.319 e. The topological polar surface area (TPSA) is 94.8 Å². The van der Waals surface area contributed by atoms with Crippen LogP contribution in [0.5, 0.6) is 5.75 Å². The van der Waals surface area contributed by atoms with Gasteiger partial charge in [0.15, 0.2) is 0 Å². The molecule has 0 bridgehead atoms. The highest BCUT2D eigenvalue weighted by Gasteiger charge is 2.45. The molecule has 46 heavy (non-hydrogen) atoms. The van der Waals surface area contributed by atoms with Gasteiger partial charge in [0.05, 0.1) is 6.42 Å². The molecular weight excluding hydrogens is 593 g/mol. The van der Waals surface area contributed by atoms with E-state index in [1.165, 1.54) is 11.8 Å². The predicted molar refractivity (Wildman–Crippen MR) is 192 cm³/mol. The van der Waals surface area contributed by atoms with E-state index in [1.54, 1.807) is 0 Å². The fraction of sp³-hybridized carbons (Fsp3) is 0.500. The Morgan fingerprint density at radius 3 is 1.93 bits per heavy atom. The number of hydrogen-bond acceptors (Lipinski definition) is 4. The number of thioether (sulfide) groups is 1. The Morgan fingerprint density at radius 1 is 0.761 bits per heavy atom. The maximum absolute atomic E-state index is 13.8. The Kier molecular flexibility index (Phi) is 12.6. The molecule has 0 saturated heterocycles. The molecule has 0 aliphatic carbocycles. The first-order valence-corrected chi connectivity index (χ1v) is 17.8. The average Bonchev–Trinajstić information content (AvgIpc) is 2.96. The Labute approximate surface area is 280 Å². The number of phenolic OH excluding ortho intramolecular Hbond substituents is 1. The van der Waals surface area contributed by atoms with Crippen molar-refractivity contribution >= 4 is 23.7 Å². The van der Waals surface area contributed by atoms with Crippen molar-refractivity contribution in [1.29, 1.82) is 0 Å². The SMILES string of the molecule is CCCCCCc1ccccc1C(CSCCC(=O)O)(C(=O)O)c1ccc(C)cc1Cc1cc(C(C)(C)C)c(O)c(C(C)(C)C)c1. The summed E-state index contributed by atoms with van der Waals surface area (Å²) < 4.78 is 0. The lowest BCUT2D eigenvalue weighted by Gasteiger charge is -2.34. The van der Waals surface area contributed by atoms with Crippen LogP contribution in [-0.2, 0) is 38.7 Å². The minimum absolute atomic E-state index is 0.0293. The molecule has 1 atom stereocenters. The van der Waals surface area contributed by atoms with Gasteiger partial charge in [0.1, 0.15) is 11.2 Å². The van der Waals surface area contributed by atoms with Gasteiger partial charge < -0.3 is 15.3 Å². The van der Waals surface area contributed by atoms with Gasteiger partial charge in [-0.1, -0.05) is 128 Å². The van der Waals surface area contributed by atoms with Gasteiger partial charge >= 0.3 is 11.9 Å². The largest absolute Gasteiger partial charge is 0.507 e. The van der Waals surface area contributed by atoms with E-state index in [-0.39, 0.29) is 23.0 Å². The molecule has 0 aliphatic heterocycles. The van der Waals surface area contributed by atoms with Gasteiger partial charge in [0, 0.05) is 11.5 Å². The van der Waals surface area contributed by atoms with Crippen LogP contribution >= 0.6 is 11.8 Å². The van der Waals surface area contributed by atoms with Crippen molar-refractivity contribution in [3.8, 4) is 5.75 Å². The van der Waals surface area contributed by atoms with Gasteiger partial charge in [-0.25, -0.2) is 0 Å². The summed E-state index contributed by atoms with van der Waals surface area (Å²) in [5.74, 6) is -0.963. The minimum atomic E-state index is -1.38. The molecule has 1 unspecified atom stereocenters. The molecule has 0 saturated carbocycles. The van der Waals surface area contributed by atoms with E-state index < -0.39 is 17.4 Å². The van der Waals surface area contributed by atoms with Crippen molar-refractivity contribution in [2.24, 2.45) is 0 Å². The first kappa shape index (κ1) is 37.2. The molecule has 3 aromatic carbocycles. The second-order valence-corrected chi connectivity index (χ2v) is 15.9.